The fourth-order valence-corrected chi connectivity index (χ4v) is 12.8. The summed E-state index contributed by atoms with van der Waals surface area (Å²) < 4.78 is 88.1. The first kappa shape index (κ1) is 67.9. The summed E-state index contributed by atoms with van der Waals surface area (Å²) in [7, 11) is 4.98. The zero-order chi connectivity index (χ0) is 68.0. The molecule has 9 amide bonds. The van der Waals surface area contributed by atoms with Crippen molar-refractivity contribution >= 4 is 76.1 Å². The first-order chi connectivity index (χ1) is 44.7. The highest BCUT2D eigenvalue weighted by Gasteiger charge is 2.41. The molecule has 0 aliphatic carbocycles. The number of nitriles is 1. The van der Waals surface area contributed by atoms with Gasteiger partial charge in [-0.1, -0.05) is 23.2 Å². The summed E-state index contributed by atoms with van der Waals surface area (Å²) in [4.78, 5) is 86.6. The summed E-state index contributed by atoms with van der Waals surface area (Å²) >= 11 is 11.2. The largest absolute Gasteiger partial charge is 0.396 e. The van der Waals surface area contributed by atoms with E-state index in [1.165, 1.54) is 25.7 Å². The molecule has 0 radical (unpaired) electrons. The summed E-state index contributed by atoms with van der Waals surface area (Å²) in [5.74, 6) is -7.21. The molecule has 0 unspecified atom stereocenters. The summed E-state index contributed by atoms with van der Waals surface area (Å²) in [6.07, 6.45) is 1.21. The highest BCUT2D eigenvalue weighted by atomic mass is 35.5. The van der Waals surface area contributed by atoms with Crippen LogP contribution in [0.1, 0.15) is 91.6 Å². The number of hydrogen-bond donors (Lipinski definition) is 6. The second-order valence-electron chi connectivity index (χ2n) is 24.2. The van der Waals surface area contributed by atoms with Crippen LogP contribution < -0.4 is 16.0 Å². The third-order valence-electron chi connectivity index (χ3n) is 17.5. The second-order valence-corrected chi connectivity index (χ2v) is 25.0. The van der Waals surface area contributed by atoms with E-state index in [2.05, 4.69) is 31.2 Å². The van der Waals surface area contributed by atoms with Crippen molar-refractivity contribution in [2.24, 2.45) is 17.8 Å². The predicted octanol–water partition coefficient (Wildman–Crippen LogP) is 6.68. The first-order valence-electron chi connectivity index (χ1n) is 29.9. The van der Waals surface area contributed by atoms with Crippen LogP contribution in [-0.2, 0) is 58.5 Å². The van der Waals surface area contributed by atoms with Crippen molar-refractivity contribution in [1.82, 2.24) is 58.7 Å². The standard InChI is InChI=1S/C21H22F2N6O3.2C20H22ClF2N5O3/c1-11-5-17-14(19-20(31)27(2)7-12(10-30)8-29(19)26-17)9-28(11)21(32)25-16-4-3-15(22)13(6-24)18(16)23;2*1-10-5-15-12(18-19(30)26(2)6-11(9-29)7-28(18)25-15)8-27(10)20(31)24-14-4-3-13(22)16(21)17(14)23/h3-4,11-12,30H,5,7-10H2,1-2H3,(H,25,32);2*3-4,10-11,29H,5-9H2,1-2H3,(H,24,31)/t11-,12-;10-,11+;10-,11-/m111/s1. The van der Waals surface area contributed by atoms with Crippen molar-refractivity contribution in [3.63, 3.8) is 0 Å². The summed E-state index contributed by atoms with van der Waals surface area (Å²) in [5.41, 5.74) is 3.68. The molecular formula is C61H66Cl2F6N16O9. The highest BCUT2D eigenvalue weighted by molar-refractivity contribution is 6.31. The molecule has 12 rings (SSSR count). The number of aliphatic hydroxyl groups is 3. The number of nitrogens with zero attached hydrogens (tertiary/aromatic N) is 13. The maximum Gasteiger partial charge on any atom is 0.322 e. The van der Waals surface area contributed by atoms with Crippen molar-refractivity contribution < 1.29 is 70.4 Å². The Balaban J connectivity index is 0.000000154. The number of amides is 9. The molecule has 33 heteroatoms. The molecule has 6 atom stereocenters. The predicted molar refractivity (Wildman–Crippen MR) is 326 cm³/mol. The van der Waals surface area contributed by atoms with Crippen molar-refractivity contribution in [3.05, 3.63) is 138 Å². The quantitative estimate of drug-likeness (QED) is 0.0750. The van der Waals surface area contributed by atoms with Crippen LogP contribution in [0.3, 0.4) is 0 Å². The molecule has 0 fully saturated rings. The van der Waals surface area contributed by atoms with Gasteiger partial charge in [0, 0.05) is 152 Å². The van der Waals surface area contributed by atoms with Gasteiger partial charge in [0.1, 0.15) is 56.2 Å². The van der Waals surface area contributed by atoms with E-state index in [9.17, 15) is 70.4 Å². The molecule has 0 saturated carbocycles. The van der Waals surface area contributed by atoms with Gasteiger partial charge < -0.3 is 60.7 Å². The van der Waals surface area contributed by atoms with Crippen LogP contribution in [0.2, 0.25) is 10.0 Å². The van der Waals surface area contributed by atoms with Crippen LogP contribution in [0.15, 0.2) is 36.4 Å². The normalized spacial score (nSPS) is 20.7. The van der Waals surface area contributed by atoms with Crippen LogP contribution in [0.4, 0.5) is 57.8 Å². The van der Waals surface area contributed by atoms with Gasteiger partial charge in [0.25, 0.3) is 17.7 Å². The van der Waals surface area contributed by atoms with E-state index >= 15 is 0 Å². The van der Waals surface area contributed by atoms with Crippen molar-refractivity contribution in [1.29, 1.82) is 5.26 Å². The molecule has 6 N–H and O–H groups in total. The Morgan fingerprint density at radius 2 is 0.787 bits per heavy atom. The average Bonchev–Trinajstić information content (AvgIpc) is 1.61. The fraction of sp³-hybridized carbons (Fsp3) is 0.443. The molecule has 9 heterocycles. The number of hydrogen-bond acceptors (Lipinski definition) is 13. The minimum absolute atomic E-state index is 0.0711. The summed E-state index contributed by atoms with van der Waals surface area (Å²) in [6, 6.07) is 4.91. The number of carbonyl (C=O) groups is 6. The van der Waals surface area contributed by atoms with Crippen molar-refractivity contribution in [2.75, 3.05) is 76.5 Å². The average molecular weight is 1350 g/mol. The smallest absolute Gasteiger partial charge is 0.322 e. The number of urea groups is 3. The Hall–Kier alpha value is -8.96. The van der Waals surface area contributed by atoms with E-state index in [0.717, 1.165) is 47.8 Å². The first-order valence-corrected chi connectivity index (χ1v) is 30.6. The van der Waals surface area contributed by atoms with Gasteiger partial charge in [-0.15, -0.1) is 0 Å². The lowest BCUT2D eigenvalue weighted by Gasteiger charge is -2.33. The third-order valence-corrected chi connectivity index (χ3v) is 18.2. The summed E-state index contributed by atoms with van der Waals surface area (Å²) in [6.45, 7) is 7.89. The Kier molecular flexibility index (Phi) is 19.9. The molecule has 500 valence electrons. The Morgan fingerprint density at radius 1 is 0.500 bits per heavy atom. The molecule has 6 aromatic rings. The van der Waals surface area contributed by atoms with Gasteiger partial charge in [0.2, 0.25) is 0 Å². The lowest BCUT2D eigenvalue weighted by molar-refractivity contribution is 0.0754. The molecule has 3 aromatic heterocycles. The van der Waals surface area contributed by atoms with Crippen LogP contribution in [0.25, 0.3) is 0 Å². The zero-order valence-corrected chi connectivity index (χ0v) is 53.2. The van der Waals surface area contributed by atoms with Gasteiger partial charge in [-0.05, 0) is 57.2 Å². The fourth-order valence-electron chi connectivity index (χ4n) is 12.5. The minimum atomic E-state index is -1.14. The number of aliphatic hydroxyl groups excluding tert-OH is 3. The maximum absolute atomic E-state index is 14.4. The van der Waals surface area contributed by atoms with Crippen LogP contribution in [0.5, 0.6) is 0 Å². The van der Waals surface area contributed by atoms with Crippen LogP contribution in [0, 0.1) is 64.0 Å². The SMILES string of the molecule is C[C@@H]1Cc2nn3c(c2CN1C(=O)Nc1ccc(F)c(C#N)c1F)C(=O)N(C)C[C@@H](CO)C3.C[C@@H]1Cc2nn3c(c2CN1C(=O)Nc1ccc(F)c(Cl)c1F)C(=O)N(C)C[C@@H](CO)C3.C[C@@H]1Cc2nn3c(c2CN1C(=O)Nc1ccc(F)c(Cl)c1F)C(=O)N(C)C[C@H](CO)C3. The Labute approximate surface area is 543 Å². The third kappa shape index (κ3) is 13.2. The van der Waals surface area contributed by atoms with E-state index in [0.29, 0.717) is 98.0 Å². The van der Waals surface area contributed by atoms with Gasteiger partial charge >= 0.3 is 18.1 Å². The second kappa shape index (κ2) is 27.5. The van der Waals surface area contributed by atoms with Gasteiger partial charge in [-0.3, -0.25) is 28.4 Å². The van der Waals surface area contributed by atoms with Gasteiger partial charge in [0.15, 0.2) is 17.5 Å². The molecule has 0 spiro atoms. The Bertz CT molecular complexity index is 3900. The van der Waals surface area contributed by atoms with Crippen molar-refractivity contribution in [2.45, 2.75) is 97.4 Å². The van der Waals surface area contributed by atoms with Crippen LogP contribution >= 0.6 is 23.2 Å². The molecular weight excluding hydrogens is 1290 g/mol. The number of nitrogens with one attached hydrogen (secondary N) is 3. The number of carbonyl (C=O) groups excluding carboxylic acids is 6. The molecule has 6 aliphatic heterocycles. The van der Waals surface area contributed by atoms with Crippen LogP contribution in [-0.4, -0.2) is 189 Å². The zero-order valence-electron chi connectivity index (χ0n) is 51.7. The van der Waals surface area contributed by atoms with Gasteiger partial charge in [0.05, 0.1) is 53.8 Å². The molecule has 25 nitrogen and oxygen atoms in total. The lowest BCUT2D eigenvalue weighted by Crippen LogP contribution is -2.45. The van der Waals surface area contributed by atoms with Crippen molar-refractivity contribution in [3.8, 4) is 6.07 Å². The van der Waals surface area contributed by atoms with E-state index in [1.54, 1.807) is 51.9 Å². The number of aromatic nitrogens is 6. The van der Waals surface area contributed by atoms with E-state index < -0.39 is 68.6 Å². The number of fused-ring (bicyclic) bond motifs is 9. The number of benzene rings is 3. The molecule has 0 saturated heterocycles. The molecule has 6 aliphatic rings. The number of halogens is 8. The van der Waals surface area contributed by atoms with E-state index in [-0.39, 0.29) is 110 Å². The monoisotopic (exact) mass is 1350 g/mol. The summed E-state index contributed by atoms with van der Waals surface area (Å²) in [5, 5.41) is 57.4. The minimum Gasteiger partial charge on any atom is -0.396 e. The lowest BCUT2D eigenvalue weighted by atomic mass is 9.99. The maximum atomic E-state index is 14.4. The number of rotatable bonds is 6. The topological polar surface area (TPSA) is 296 Å². The molecule has 94 heavy (non-hydrogen) atoms. The molecule has 0 bridgehead atoms. The van der Waals surface area contributed by atoms with Gasteiger partial charge in [-0.25, -0.2) is 40.7 Å². The van der Waals surface area contributed by atoms with E-state index in [1.807, 2.05) is 13.8 Å². The Morgan fingerprint density at radius 3 is 1.07 bits per heavy atom. The highest BCUT2D eigenvalue weighted by Crippen LogP contribution is 2.35. The number of anilines is 3. The van der Waals surface area contributed by atoms with E-state index in [4.69, 9.17) is 28.5 Å². The van der Waals surface area contributed by atoms with Gasteiger partial charge in [-0.2, -0.15) is 20.6 Å². The molecule has 3 aromatic carbocycles.